The summed E-state index contributed by atoms with van der Waals surface area (Å²) in [4.78, 5) is 12.3. The van der Waals surface area contributed by atoms with Gasteiger partial charge in [0, 0.05) is 7.05 Å². The van der Waals surface area contributed by atoms with Gasteiger partial charge in [-0.15, -0.1) is 0 Å². The summed E-state index contributed by atoms with van der Waals surface area (Å²) in [5.74, 6) is -0.0652. The summed E-state index contributed by atoms with van der Waals surface area (Å²) in [6.07, 6.45) is 1.74. The van der Waals surface area contributed by atoms with E-state index < -0.39 is 0 Å². The van der Waals surface area contributed by atoms with Gasteiger partial charge in [-0.2, -0.15) is 10.2 Å². The molecule has 0 aliphatic carbocycles. The fourth-order valence-corrected chi connectivity index (χ4v) is 2.68. The standard InChI is InChI=1S/C16H19N5O/c1-11(13-7-5-4-6-8-13)18-15(22)10-21-16-12(2)19-20(3)14(16)9-17-21/h4-9,11H,10H2,1-3H3,(H,18,22)/t11-/m1/s1. The minimum Gasteiger partial charge on any atom is -0.348 e. The van der Waals surface area contributed by atoms with Crippen LogP contribution in [0.4, 0.5) is 0 Å². The maximum atomic E-state index is 12.3. The van der Waals surface area contributed by atoms with E-state index >= 15 is 0 Å². The van der Waals surface area contributed by atoms with Gasteiger partial charge in [-0.3, -0.25) is 14.2 Å². The number of nitrogens with zero attached hydrogens (tertiary/aromatic N) is 4. The molecule has 0 saturated heterocycles. The molecule has 1 atom stereocenters. The van der Waals surface area contributed by atoms with E-state index in [1.54, 1.807) is 15.6 Å². The summed E-state index contributed by atoms with van der Waals surface area (Å²) in [7, 11) is 1.87. The monoisotopic (exact) mass is 297 g/mol. The van der Waals surface area contributed by atoms with Crippen LogP contribution in [0.5, 0.6) is 0 Å². The van der Waals surface area contributed by atoms with Crippen molar-refractivity contribution in [3.63, 3.8) is 0 Å². The predicted molar refractivity (Wildman–Crippen MR) is 84.2 cm³/mol. The number of carbonyl (C=O) groups excluding carboxylic acids is 1. The summed E-state index contributed by atoms with van der Waals surface area (Å²) in [6, 6.07) is 9.87. The third-order valence-corrected chi connectivity index (χ3v) is 3.78. The number of fused-ring (bicyclic) bond motifs is 1. The molecule has 1 amide bonds. The van der Waals surface area contributed by atoms with E-state index in [0.717, 1.165) is 22.3 Å². The van der Waals surface area contributed by atoms with Crippen molar-refractivity contribution in [2.75, 3.05) is 0 Å². The summed E-state index contributed by atoms with van der Waals surface area (Å²) in [5.41, 5.74) is 3.80. The number of hydrogen-bond donors (Lipinski definition) is 1. The van der Waals surface area contributed by atoms with E-state index in [-0.39, 0.29) is 18.5 Å². The average molecular weight is 297 g/mol. The first-order chi connectivity index (χ1) is 10.6. The van der Waals surface area contributed by atoms with E-state index in [1.165, 1.54) is 0 Å². The van der Waals surface area contributed by atoms with Crippen molar-refractivity contribution in [3.05, 3.63) is 47.8 Å². The van der Waals surface area contributed by atoms with E-state index in [1.807, 2.05) is 51.2 Å². The zero-order valence-electron chi connectivity index (χ0n) is 12.9. The van der Waals surface area contributed by atoms with Gasteiger partial charge in [0.2, 0.25) is 5.91 Å². The molecule has 0 bridgehead atoms. The van der Waals surface area contributed by atoms with Gasteiger partial charge >= 0.3 is 0 Å². The molecule has 6 nitrogen and oxygen atoms in total. The lowest BCUT2D eigenvalue weighted by Crippen LogP contribution is -2.30. The van der Waals surface area contributed by atoms with Crippen molar-refractivity contribution in [3.8, 4) is 0 Å². The van der Waals surface area contributed by atoms with Crippen LogP contribution in [-0.4, -0.2) is 25.5 Å². The van der Waals surface area contributed by atoms with Crippen LogP contribution in [-0.2, 0) is 18.4 Å². The zero-order chi connectivity index (χ0) is 15.7. The molecule has 22 heavy (non-hydrogen) atoms. The highest BCUT2D eigenvalue weighted by molar-refractivity contribution is 5.81. The third kappa shape index (κ3) is 2.59. The lowest BCUT2D eigenvalue weighted by atomic mass is 10.1. The van der Waals surface area contributed by atoms with Crippen LogP contribution < -0.4 is 5.32 Å². The highest BCUT2D eigenvalue weighted by Gasteiger charge is 2.15. The number of hydrogen-bond acceptors (Lipinski definition) is 3. The first-order valence-electron chi connectivity index (χ1n) is 7.25. The number of rotatable bonds is 4. The number of benzene rings is 1. The fourth-order valence-electron chi connectivity index (χ4n) is 2.68. The van der Waals surface area contributed by atoms with Crippen LogP contribution in [0.1, 0.15) is 24.2 Å². The number of aromatic nitrogens is 4. The minimum atomic E-state index is -0.0652. The number of aryl methyl sites for hydroxylation is 2. The molecule has 3 rings (SSSR count). The second-order valence-electron chi connectivity index (χ2n) is 5.44. The van der Waals surface area contributed by atoms with Gasteiger partial charge in [-0.05, 0) is 19.4 Å². The van der Waals surface area contributed by atoms with Crippen molar-refractivity contribution in [2.24, 2.45) is 7.05 Å². The molecule has 0 radical (unpaired) electrons. The Hall–Kier alpha value is -2.63. The van der Waals surface area contributed by atoms with Crippen molar-refractivity contribution in [1.82, 2.24) is 24.9 Å². The van der Waals surface area contributed by atoms with Crippen molar-refractivity contribution in [2.45, 2.75) is 26.4 Å². The summed E-state index contributed by atoms with van der Waals surface area (Å²) in [5, 5.41) is 11.6. The van der Waals surface area contributed by atoms with E-state index in [9.17, 15) is 4.79 Å². The minimum absolute atomic E-state index is 0.0326. The maximum Gasteiger partial charge on any atom is 0.242 e. The van der Waals surface area contributed by atoms with Crippen LogP contribution >= 0.6 is 0 Å². The Labute approximate surface area is 128 Å². The van der Waals surface area contributed by atoms with Crippen LogP contribution in [0.15, 0.2) is 36.5 Å². The molecule has 0 spiro atoms. The molecular formula is C16H19N5O. The largest absolute Gasteiger partial charge is 0.348 e. The Morgan fingerprint density at radius 3 is 2.77 bits per heavy atom. The quantitative estimate of drug-likeness (QED) is 0.800. The molecule has 2 heterocycles. The highest BCUT2D eigenvalue weighted by atomic mass is 16.2. The van der Waals surface area contributed by atoms with Gasteiger partial charge in [0.15, 0.2) is 0 Å². The lowest BCUT2D eigenvalue weighted by Gasteiger charge is -2.14. The van der Waals surface area contributed by atoms with Gasteiger partial charge in [-0.25, -0.2) is 0 Å². The van der Waals surface area contributed by atoms with E-state index in [0.29, 0.717) is 0 Å². The fraction of sp³-hybridized carbons (Fsp3) is 0.312. The number of amides is 1. The molecule has 0 saturated carbocycles. The predicted octanol–water partition coefficient (Wildman–Crippen LogP) is 1.96. The molecule has 0 unspecified atom stereocenters. The smallest absolute Gasteiger partial charge is 0.242 e. The molecule has 1 aromatic carbocycles. The Morgan fingerprint density at radius 2 is 2.05 bits per heavy atom. The molecule has 3 aromatic rings. The van der Waals surface area contributed by atoms with Gasteiger partial charge in [0.25, 0.3) is 0 Å². The Balaban J connectivity index is 1.74. The average Bonchev–Trinajstić information content (AvgIpc) is 3.03. The SMILES string of the molecule is Cc1nn(C)c2cnn(CC(=O)N[C@H](C)c3ccccc3)c12. The molecular weight excluding hydrogens is 278 g/mol. The normalized spacial score (nSPS) is 12.5. The molecule has 0 aliphatic heterocycles. The molecule has 0 fully saturated rings. The van der Waals surface area contributed by atoms with Crippen LogP contribution in [0.3, 0.4) is 0 Å². The summed E-state index contributed by atoms with van der Waals surface area (Å²) >= 11 is 0. The first kappa shape index (κ1) is 14.3. The molecule has 114 valence electrons. The van der Waals surface area contributed by atoms with Crippen LogP contribution in [0.2, 0.25) is 0 Å². The molecule has 2 aromatic heterocycles. The molecule has 6 heteroatoms. The number of carbonyl (C=O) groups is 1. The zero-order valence-corrected chi connectivity index (χ0v) is 12.9. The van der Waals surface area contributed by atoms with E-state index in [2.05, 4.69) is 15.5 Å². The van der Waals surface area contributed by atoms with Crippen molar-refractivity contribution in [1.29, 1.82) is 0 Å². The maximum absolute atomic E-state index is 12.3. The summed E-state index contributed by atoms with van der Waals surface area (Å²) < 4.78 is 3.48. The van der Waals surface area contributed by atoms with Gasteiger partial charge in [0.1, 0.15) is 17.6 Å². The van der Waals surface area contributed by atoms with Gasteiger partial charge in [-0.1, -0.05) is 30.3 Å². The second kappa shape index (κ2) is 5.63. The Bertz CT molecular complexity index is 803. The second-order valence-corrected chi connectivity index (χ2v) is 5.44. The molecule has 1 N–H and O–H groups in total. The van der Waals surface area contributed by atoms with Crippen LogP contribution in [0, 0.1) is 6.92 Å². The van der Waals surface area contributed by atoms with Gasteiger partial charge < -0.3 is 5.32 Å². The third-order valence-electron chi connectivity index (χ3n) is 3.78. The highest BCUT2D eigenvalue weighted by Crippen LogP contribution is 2.17. The van der Waals surface area contributed by atoms with Gasteiger partial charge in [0.05, 0.1) is 17.9 Å². The summed E-state index contributed by atoms with van der Waals surface area (Å²) in [6.45, 7) is 4.08. The van der Waals surface area contributed by atoms with Crippen LogP contribution in [0.25, 0.3) is 11.0 Å². The first-order valence-corrected chi connectivity index (χ1v) is 7.25. The Kier molecular flexibility index (Phi) is 3.66. The lowest BCUT2D eigenvalue weighted by molar-refractivity contribution is -0.122. The van der Waals surface area contributed by atoms with Crippen molar-refractivity contribution >= 4 is 16.9 Å². The topological polar surface area (TPSA) is 64.7 Å². The number of nitrogens with one attached hydrogen (secondary N) is 1. The van der Waals surface area contributed by atoms with Crippen molar-refractivity contribution < 1.29 is 4.79 Å². The Morgan fingerprint density at radius 1 is 1.32 bits per heavy atom. The van der Waals surface area contributed by atoms with E-state index in [4.69, 9.17) is 0 Å². The molecule has 0 aliphatic rings.